The van der Waals surface area contributed by atoms with E-state index in [4.69, 9.17) is 9.84 Å². The predicted molar refractivity (Wildman–Crippen MR) is 79.3 cm³/mol. The average molecular weight is 265 g/mol. The Hall–Kier alpha value is -0.900. The first-order valence-electron chi connectivity index (χ1n) is 7.07. The molecule has 1 aromatic rings. The number of rotatable bonds is 4. The van der Waals surface area contributed by atoms with Crippen LogP contribution in [0.5, 0.6) is 0 Å². The van der Waals surface area contributed by atoms with E-state index in [1.807, 2.05) is 37.4 Å². The van der Waals surface area contributed by atoms with E-state index < -0.39 is 0 Å². The molecule has 2 N–H and O–H groups in total. The molecule has 1 heterocycles. The van der Waals surface area contributed by atoms with Gasteiger partial charge in [0, 0.05) is 26.4 Å². The molecule has 0 aromatic heterocycles. The zero-order valence-corrected chi connectivity index (χ0v) is 12.2. The predicted octanol–water partition coefficient (Wildman–Crippen LogP) is 2.24. The van der Waals surface area contributed by atoms with Crippen LogP contribution in [0.2, 0.25) is 0 Å². The van der Waals surface area contributed by atoms with Crippen molar-refractivity contribution in [3.05, 3.63) is 35.9 Å². The zero-order chi connectivity index (χ0) is 14.0. The second kappa shape index (κ2) is 9.08. The SMILES string of the molecule is CNCC1(C)CCOCC1.OCCc1ccccc1. The van der Waals surface area contributed by atoms with Gasteiger partial charge in [-0.05, 0) is 37.3 Å². The molecular formula is C16H27NO2. The first-order chi connectivity index (χ1) is 9.20. The lowest BCUT2D eigenvalue weighted by Gasteiger charge is -2.33. The van der Waals surface area contributed by atoms with Crippen molar-refractivity contribution >= 4 is 0 Å². The van der Waals surface area contributed by atoms with Crippen molar-refractivity contribution in [3.63, 3.8) is 0 Å². The molecule has 0 bridgehead atoms. The first-order valence-corrected chi connectivity index (χ1v) is 7.07. The average Bonchev–Trinajstić information content (AvgIpc) is 2.42. The molecule has 3 heteroatoms. The molecule has 2 rings (SSSR count). The molecule has 108 valence electrons. The second-order valence-electron chi connectivity index (χ2n) is 5.41. The summed E-state index contributed by atoms with van der Waals surface area (Å²) in [5.74, 6) is 0. The normalized spacial score (nSPS) is 17.4. The van der Waals surface area contributed by atoms with Crippen molar-refractivity contribution in [2.75, 3.05) is 33.4 Å². The second-order valence-corrected chi connectivity index (χ2v) is 5.41. The molecule has 0 atom stereocenters. The number of hydrogen-bond donors (Lipinski definition) is 2. The Morgan fingerprint density at radius 2 is 1.84 bits per heavy atom. The Morgan fingerprint density at radius 3 is 2.37 bits per heavy atom. The molecule has 1 saturated heterocycles. The third kappa shape index (κ3) is 6.71. The summed E-state index contributed by atoms with van der Waals surface area (Å²) in [6.07, 6.45) is 3.17. The maximum absolute atomic E-state index is 8.52. The standard InChI is InChI=1S/C8H17NO.C8H10O/c1-8(7-9-2)3-5-10-6-4-8;9-7-6-8-4-2-1-3-5-8/h9H,3-7H2,1-2H3;1-5,9H,6-7H2. The van der Waals surface area contributed by atoms with Crippen molar-refractivity contribution in [2.24, 2.45) is 5.41 Å². The van der Waals surface area contributed by atoms with Crippen molar-refractivity contribution < 1.29 is 9.84 Å². The molecule has 0 unspecified atom stereocenters. The third-order valence-electron chi connectivity index (χ3n) is 3.55. The largest absolute Gasteiger partial charge is 0.396 e. The van der Waals surface area contributed by atoms with Crippen LogP contribution in [0.1, 0.15) is 25.3 Å². The Morgan fingerprint density at radius 1 is 1.21 bits per heavy atom. The highest BCUT2D eigenvalue weighted by Gasteiger charge is 2.25. The van der Waals surface area contributed by atoms with Crippen LogP contribution in [0.15, 0.2) is 30.3 Å². The molecule has 1 aromatic carbocycles. The number of benzene rings is 1. The number of aliphatic hydroxyl groups is 1. The summed E-state index contributed by atoms with van der Waals surface area (Å²) in [4.78, 5) is 0. The summed E-state index contributed by atoms with van der Waals surface area (Å²) >= 11 is 0. The minimum absolute atomic E-state index is 0.240. The Bertz CT molecular complexity index is 315. The number of hydrogen-bond acceptors (Lipinski definition) is 3. The van der Waals surface area contributed by atoms with Crippen LogP contribution in [-0.4, -0.2) is 38.5 Å². The zero-order valence-electron chi connectivity index (χ0n) is 12.2. The van der Waals surface area contributed by atoms with Crippen LogP contribution in [0.25, 0.3) is 0 Å². The van der Waals surface area contributed by atoms with E-state index in [9.17, 15) is 0 Å². The summed E-state index contributed by atoms with van der Waals surface area (Å²) in [5.41, 5.74) is 1.69. The van der Waals surface area contributed by atoms with Crippen LogP contribution < -0.4 is 5.32 Å². The highest BCUT2D eigenvalue weighted by atomic mass is 16.5. The number of nitrogens with one attached hydrogen (secondary N) is 1. The van der Waals surface area contributed by atoms with Crippen molar-refractivity contribution in [1.29, 1.82) is 0 Å². The molecule has 0 aliphatic carbocycles. The fraction of sp³-hybridized carbons (Fsp3) is 0.625. The minimum Gasteiger partial charge on any atom is -0.396 e. The summed E-state index contributed by atoms with van der Waals surface area (Å²) in [7, 11) is 2.01. The highest BCUT2D eigenvalue weighted by molar-refractivity contribution is 5.14. The maximum Gasteiger partial charge on any atom is 0.0471 e. The van der Waals surface area contributed by atoms with Gasteiger partial charge in [-0.3, -0.25) is 0 Å². The maximum atomic E-state index is 8.52. The van der Waals surface area contributed by atoms with Gasteiger partial charge in [0.1, 0.15) is 0 Å². The van der Waals surface area contributed by atoms with Crippen LogP contribution in [0, 0.1) is 5.41 Å². The van der Waals surface area contributed by atoms with Gasteiger partial charge in [-0.25, -0.2) is 0 Å². The smallest absolute Gasteiger partial charge is 0.0471 e. The van der Waals surface area contributed by atoms with E-state index in [1.165, 1.54) is 18.4 Å². The quantitative estimate of drug-likeness (QED) is 0.877. The molecular weight excluding hydrogens is 238 g/mol. The van der Waals surface area contributed by atoms with E-state index in [2.05, 4.69) is 12.2 Å². The van der Waals surface area contributed by atoms with E-state index in [0.717, 1.165) is 26.2 Å². The topological polar surface area (TPSA) is 41.5 Å². The van der Waals surface area contributed by atoms with Crippen LogP contribution >= 0.6 is 0 Å². The van der Waals surface area contributed by atoms with Gasteiger partial charge in [-0.15, -0.1) is 0 Å². The molecule has 1 fully saturated rings. The van der Waals surface area contributed by atoms with E-state index in [-0.39, 0.29) is 6.61 Å². The van der Waals surface area contributed by atoms with Crippen molar-refractivity contribution in [1.82, 2.24) is 5.32 Å². The fourth-order valence-electron chi connectivity index (χ4n) is 2.24. The molecule has 19 heavy (non-hydrogen) atoms. The molecule has 1 aliphatic rings. The van der Waals surface area contributed by atoms with Crippen molar-refractivity contribution in [2.45, 2.75) is 26.2 Å². The lowest BCUT2D eigenvalue weighted by molar-refractivity contribution is 0.0250. The molecule has 1 aliphatic heterocycles. The van der Waals surface area contributed by atoms with Crippen LogP contribution in [0.4, 0.5) is 0 Å². The number of aliphatic hydroxyl groups excluding tert-OH is 1. The molecule has 0 radical (unpaired) electrons. The van der Waals surface area contributed by atoms with Gasteiger partial charge >= 0.3 is 0 Å². The third-order valence-corrected chi connectivity index (χ3v) is 3.55. The summed E-state index contributed by atoms with van der Waals surface area (Å²) < 4.78 is 5.28. The number of ether oxygens (including phenoxy) is 1. The van der Waals surface area contributed by atoms with Crippen molar-refractivity contribution in [3.8, 4) is 0 Å². The Labute approximate surface area is 117 Å². The highest BCUT2D eigenvalue weighted by Crippen LogP contribution is 2.28. The van der Waals surface area contributed by atoms with Gasteiger partial charge in [0.2, 0.25) is 0 Å². The van der Waals surface area contributed by atoms with Gasteiger partial charge in [0.15, 0.2) is 0 Å². The molecule has 0 amide bonds. The van der Waals surface area contributed by atoms with Crippen LogP contribution in [-0.2, 0) is 11.2 Å². The van der Waals surface area contributed by atoms with Gasteiger partial charge < -0.3 is 15.2 Å². The summed E-state index contributed by atoms with van der Waals surface area (Å²) in [5, 5.41) is 11.7. The Kier molecular flexibility index (Phi) is 7.72. The van der Waals surface area contributed by atoms with Gasteiger partial charge in [-0.2, -0.15) is 0 Å². The van der Waals surface area contributed by atoms with Gasteiger partial charge in [-0.1, -0.05) is 37.3 Å². The Balaban J connectivity index is 0.000000191. The minimum atomic E-state index is 0.240. The molecule has 0 spiro atoms. The van der Waals surface area contributed by atoms with Gasteiger partial charge in [0.05, 0.1) is 0 Å². The monoisotopic (exact) mass is 265 g/mol. The summed E-state index contributed by atoms with van der Waals surface area (Å²) in [6, 6.07) is 9.95. The van der Waals surface area contributed by atoms with E-state index in [0.29, 0.717) is 5.41 Å². The van der Waals surface area contributed by atoms with Gasteiger partial charge in [0.25, 0.3) is 0 Å². The molecule has 0 saturated carbocycles. The summed E-state index contributed by atoms with van der Waals surface area (Å²) in [6.45, 7) is 5.57. The molecule has 3 nitrogen and oxygen atoms in total. The lowest BCUT2D eigenvalue weighted by Crippen LogP contribution is -2.35. The van der Waals surface area contributed by atoms with E-state index in [1.54, 1.807) is 0 Å². The van der Waals surface area contributed by atoms with Crippen LogP contribution in [0.3, 0.4) is 0 Å². The lowest BCUT2D eigenvalue weighted by atomic mass is 9.82. The fourth-order valence-corrected chi connectivity index (χ4v) is 2.24. The van der Waals surface area contributed by atoms with E-state index >= 15 is 0 Å². The first kappa shape index (κ1) is 16.2.